The number of aliphatic carboxylic acids is 1. The number of nitrogens with one attached hydrogen (secondary N) is 1. The van der Waals surface area contributed by atoms with Gasteiger partial charge in [0.25, 0.3) is 5.56 Å². The lowest BCUT2D eigenvalue weighted by Crippen LogP contribution is -2.35. The predicted molar refractivity (Wildman–Crippen MR) is 86.3 cm³/mol. The number of carboxylic acids is 1. The number of aromatic nitrogens is 2. The molecule has 3 N–H and O–H groups in total. The van der Waals surface area contributed by atoms with Crippen LogP contribution in [-0.4, -0.2) is 32.1 Å². The summed E-state index contributed by atoms with van der Waals surface area (Å²) in [5, 5.41) is 22.1. The van der Waals surface area contributed by atoms with E-state index in [2.05, 4.69) is 5.10 Å². The fourth-order valence-corrected chi connectivity index (χ4v) is 2.67. The van der Waals surface area contributed by atoms with E-state index in [0.717, 1.165) is 15.8 Å². The zero-order valence-electron chi connectivity index (χ0n) is 12.4. The van der Waals surface area contributed by atoms with Crippen molar-refractivity contribution < 1.29 is 15.0 Å². The van der Waals surface area contributed by atoms with Gasteiger partial charge < -0.3 is 10.2 Å². The highest BCUT2D eigenvalue weighted by molar-refractivity contribution is 5.84. The Morgan fingerprint density at radius 1 is 1.13 bits per heavy atom. The maximum Gasteiger partial charge on any atom is 0.331 e. The molecule has 0 amide bonds. The monoisotopic (exact) mass is 312 g/mol. The van der Waals surface area contributed by atoms with Crippen molar-refractivity contribution in [2.24, 2.45) is 0 Å². The van der Waals surface area contributed by atoms with Crippen LogP contribution in [0.3, 0.4) is 0 Å². The Kier molecular flexibility index (Phi) is 3.75. The number of nitrogens with zero attached hydrogens (tertiary/aromatic N) is 1. The van der Waals surface area contributed by atoms with Crippen LogP contribution in [0, 0.1) is 0 Å². The van der Waals surface area contributed by atoms with Crippen molar-refractivity contribution in [3.05, 3.63) is 58.9 Å². The van der Waals surface area contributed by atoms with Gasteiger partial charge >= 0.3 is 5.97 Å². The molecule has 0 saturated heterocycles. The molecule has 6 heteroatoms. The second-order valence-electron chi connectivity index (χ2n) is 5.44. The smallest absolute Gasteiger partial charge is 0.331 e. The van der Waals surface area contributed by atoms with E-state index < -0.39 is 23.7 Å². The van der Waals surface area contributed by atoms with Gasteiger partial charge in [-0.1, -0.05) is 36.4 Å². The first kappa shape index (κ1) is 15.1. The summed E-state index contributed by atoms with van der Waals surface area (Å²) < 4.78 is 0.965. The standard InChI is InChI=1S/C17H16N2O4/c1-10(20)15(17(22)23)19-16(21)13-8-7-12(9-14(13)18-19)11-5-3-2-4-6-11/h2-10,15,18,20H,1H3,(H,22,23)/t10-,15?/m1/s1. The number of benzene rings is 2. The summed E-state index contributed by atoms with van der Waals surface area (Å²) in [6.45, 7) is 1.34. The second kappa shape index (κ2) is 5.73. The van der Waals surface area contributed by atoms with E-state index in [4.69, 9.17) is 0 Å². The molecule has 0 aliphatic carbocycles. The Balaban J connectivity index is 2.15. The Morgan fingerprint density at radius 3 is 2.43 bits per heavy atom. The SMILES string of the molecule is C[C@@H](O)C(C(=O)O)n1[nH]c2cc(-c3ccccc3)ccc2c1=O. The molecule has 0 fully saturated rings. The number of hydrogen-bond donors (Lipinski definition) is 3. The van der Waals surface area contributed by atoms with Crippen molar-refractivity contribution in [2.45, 2.75) is 19.1 Å². The number of carbonyl (C=O) groups is 1. The number of H-pyrrole nitrogens is 1. The molecule has 118 valence electrons. The largest absolute Gasteiger partial charge is 0.480 e. The zero-order valence-corrected chi connectivity index (χ0v) is 12.4. The van der Waals surface area contributed by atoms with Crippen LogP contribution in [0.2, 0.25) is 0 Å². The van der Waals surface area contributed by atoms with Crippen molar-refractivity contribution >= 4 is 16.9 Å². The van der Waals surface area contributed by atoms with Crippen LogP contribution in [-0.2, 0) is 4.79 Å². The first-order chi connectivity index (χ1) is 11.0. The first-order valence-corrected chi connectivity index (χ1v) is 7.19. The lowest BCUT2D eigenvalue weighted by atomic mass is 10.0. The maximum atomic E-state index is 12.4. The number of fused-ring (bicyclic) bond motifs is 1. The van der Waals surface area contributed by atoms with Gasteiger partial charge in [0.2, 0.25) is 0 Å². The zero-order chi connectivity index (χ0) is 16.6. The molecule has 3 rings (SSSR count). The normalized spacial score (nSPS) is 13.8. The van der Waals surface area contributed by atoms with E-state index in [1.807, 2.05) is 36.4 Å². The van der Waals surface area contributed by atoms with E-state index in [9.17, 15) is 19.8 Å². The Bertz CT molecular complexity index is 909. The number of carboxylic acid groups (broad SMARTS) is 1. The van der Waals surface area contributed by atoms with Crippen LogP contribution in [0.25, 0.3) is 22.0 Å². The topological polar surface area (TPSA) is 95.3 Å². The summed E-state index contributed by atoms with van der Waals surface area (Å²) in [5.41, 5.74) is 1.97. The van der Waals surface area contributed by atoms with Gasteiger partial charge in [-0.25, -0.2) is 9.48 Å². The quantitative estimate of drug-likeness (QED) is 0.686. The van der Waals surface area contributed by atoms with Gasteiger partial charge in [-0.05, 0) is 30.2 Å². The molecule has 23 heavy (non-hydrogen) atoms. The average Bonchev–Trinajstić information content (AvgIpc) is 2.84. The molecule has 0 bridgehead atoms. The van der Waals surface area contributed by atoms with Gasteiger partial charge in [0.1, 0.15) is 0 Å². The second-order valence-corrected chi connectivity index (χ2v) is 5.44. The molecular weight excluding hydrogens is 296 g/mol. The number of aromatic amines is 1. The third-order valence-electron chi connectivity index (χ3n) is 3.80. The van der Waals surface area contributed by atoms with Crippen LogP contribution in [0.5, 0.6) is 0 Å². The summed E-state index contributed by atoms with van der Waals surface area (Å²) in [4.78, 5) is 23.7. The summed E-state index contributed by atoms with van der Waals surface area (Å²) in [7, 11) is 0. The lowest BCUT2D eigenvalue weighted by Gasteiger charge is -2.15. The van der Waals surface area contributed by atoms with E-state index in [-0.39, 0.29) is 0 Å². The van der Waals surface area contributed by atoms with Gasteiger partial charge in [-0.2, -0.15) is 0 Å². The minimum absolute atomic E-state index is 0.386. The molecule has 0 saturated carbocycles. The molecule has 0 radical (unpaired) electrons. The molecule has 0 aliphatic rings. The number of aliphatic hydroxyl groups excluding tert-OH is 1. The van der Waals surface area contributed by atoms with Gasteiger partial charge in [0.05, 0.1) is 17.0 Å². The molecule has 1 unspecified atom stereocenters. The highest BCUT2D eigenvalue weighted by atomic mass is 16.4. The molecule has 1 aromatic heterocycles. The molecule has 0 spiro atoms. The molecule has 3 aromatic rings. The molecule has 6 nitrogen and oxygen atoms in total. The minimum atomic E-state index is -1.35. The van der Waals surface area contributed by atoms with E-state index in [1.54, 1.807) is 12.1 Å². The van der Waals surface area contributed by atoms with E-state index in [0.29, 0.717) is 10.9 Å². The van der Waals surface area contributed by atoms with Crippen LogP contribution in [0.4, 0.5) is 0 Å². The third kappa shape index (κ3) is 2.64. The van der Waals surface area contributed by atoms with Gasteiger partial charge in [-0.15, -0.1) is 0 Å². The number of hydrogen-bond acceptors (Lipinski definition) is 3. The molecule has 1 heterocycles. The van der Waals surface area contributed by atoms with Gasteiger partial charge in [0.15, 0.2) is 6.04 Å². The minimum Gasteiger partial charge on any atom is -0.480 e. The first-order valence-electron chi connectivity index (χ1n) is 7.19. The van der Waals surface area contributed by atoms with Crippen LogP contribution in [0.15, 0.2) is 53.3 Å². The van der Waals surface area contributed by atoms with Crippen molar-refractivity contribution in [2.75, 3.05) is 0 Å². The van der Waals surface area contributed by atoms with Crippen LogP contribution >= 0.6 is 0 Å². The fourth-order valence-electron chi connectivity index (χ4n) is 2.67. The number of aliphatic hydroxyl groups is 1. The van der Waals surface area contributed by atoms with Gasteiger partial charge in [0, 0.05) is 0 Å². The average molecular weight is 312 g/mol. The lowest BCUT2D eigenvalue weighted by molar-refractivity contribution is -0.144. The summed E-state index contributed by atoms with van der Waals surface area (Å²) in [6, 6.07) is 13.6. The number of rotatable bonds is 4. The summed E-state index contributed by atoms with van der Waals surface area (Å²) >= 11 is 0. The molecular formula is C17H16N2O4. The maximum absolute atomic E-state index is 12.4. The van der Waals surface area contributed by atoms with Gasteiger partial charge in [-0.3, -0.25) is 9.89 Å². The Labute approximate surface area is 131 Å². The fraction of sp³-hybridized carbons (Fsp3) is 0.176. The third-order valence-corrected chi connectivity index (χ3v) is 3.80. The van der Waals surface area contributed by atoms with Crippen molar-refractivity contribution in [1.82, 2.24) is 9.78 Å². The van der Waals surface area contributed by atoms with Crippen LogP contribution < -0.4 is 5.56 Å². The molecule has 2 aromatic carbocycles. The molecule has 2 atom stereocenters. The highest BCUT2D eigenvalue weighted by Crippen LogP contribution is 2.23. The van der Waals surface area contributed by atoms with E-state index >= 15 is 0 Å². The summed E-state index contributed by atoms with van der Waals surface area (Å²) in [5.74, 6) is -1.27. The molecule has 0 aliphatic heterocycles. The van der Waals surface area contributed by atoms with Crippen LogP contribution in [0.1, 0.15) is 13.0 Å². The highest BCUT2D eigenvalue weighted by Gasteiger charge is 2.28. The Morgan fingerprint density at radius 2 is 1.83 bits per heavy atom. The van der Waals surface area contributed by atoms with Crippen molar-refractivity contribution in [1.29, 1.82) is 0 Å². The predicted octanol–water partition coefficient (Wildman–Crippen LogP) is 2.00. The van der Waals surface area contributed by atoms with Crippen molar-refractivity contribution in [3.8, 4) is 11.1 Å². The van der Waals surface area contributed by atoms with E-state index in [1.165, 1.54) is 6.92 Å². The van der Waals surface area contributed by atoms with Crippen molar-refractivity contribution in [3.63, 3.8) is 0 Å². The summed E-state index contributed by atoms with van der Waals surface area (Å²) in [6.07, 6.45) is -1.20. The Hall–Kier alpha value is -2.86.